The van der Waals surface area contributed by atoms with Crippen molar-refractivity contribution in [1.82, 2.24) is 0 Å². The number of hydrogen-bond donors (Lipinski definition) is 0. The lowest BCUT2D eigenvalue weighted by Gasteiger charge is -2.10. The third-order valence-electron chi connectivity index (χ3n) is 4.96. The van der Waals surface area contributed by atoms with Crippen LogP contribution in [0.2, 0.25) is 0 Å². The Bertz CT molecular complexity index is 1140. The molecule has 1 aliphatic carbocycles. The monoisotopic (exact) mass is 387 g/mol. The van der Waals surface area contributed by atoms with Gasteiger partial charge in [0.2, 0.25) is 0 Å². The smallest absolute Gasteiger partial charge is 0.270 e. The number of carbonyl (C=O) groups is 1. The molecule has 4 rings (SSSR count). The topological polar surface area (TPSA) is 78.7 Å². The highest BCUT2D eigenvalue weighted by Gasteiger charge is 2.32. The molecule has 3 aromatic rings. The Morgan fingerprint density at radius 1 is 0.724 bits per heavy atom. The molecule has 0 N–H and O–H groups in total. The number of nitro benzene ring substituents is 1. The van der Waals surface area contributed by atoms with Crippen LogP contribution in [0.4, 0.5) is 5.69 Å². The quantitative estimate of drug-likeness (QED) is 0.466. The maximum Gasteiger partial charge on any atom is 0.270 e. The summed E-state index contributed by atoms with van der Waals surface area (Å²) in [5.41, 5.74) is 3.63. The first kappa shape index (κ1) is 18.4. The third kappa shape index (κ3) is 3.14. The molecule has 0 bridgehead atoms. The van der Waals surface area contributed by atoms with E-state index in [0.717, 1.165) is 11.1 Å². The molecule has 0 aromatic heterocycles. The van der Waals surface area contributed by atoms with Gasteiger partial charge in [-0.25, -0.2) is 0 Å². The maximum absolute atomic E-state index is 13.3. The molecular formula is C23H17NO5. The van der Waals surface area contributed by atoms with Crippen molar-refractivity contribution in [2.24, 2.45) is 0 Å². The molecule has 29 heavy (non-hydrogen) atoms. The van der Waals surface area contributed by atoms with E-state index in [0.29, 0.717) is 33.8 Å². The minimum absolute atomic E-state index is 0.0569. The van der Waals surface area contributed by atoms with Gasteiger partial charge in [0.25, 0.3) is 5.69 Å². The highest BCUT2D eigenvalue weighted by Crippen LogP contribution is 2.43. The molecule has 0 radical (unpaired) electrons. The van der Waals surface area contributed by atoms with Gasteiger partial charge in [0.05, 0.1) is 19.1 Å². The lowest BCUT2D eigenvalue weighted by molar-refractivity contribution is -0.384. The molecule has 0 atom stereocenters. The summed E-state index contributed by atoms with van der Waals surface area (Å²) < 4.78 is 10.4. The number of hydrogen-bond acceptors (Lipinski definition) is 5. The van der Waals surface area contributed by atoms with Crippen molar-refractivity contribution in [3.63, 3.8) is 0 Å². The van der Waals surface area contributed by atoms with E-state index in [1.54, 1.807) is 38.5 Å². The Morgan fingerprint density at radius 3 is 1.72 bits per heavy atom. The highest BCUT2D eigenvalue weighted by molar-refractivity contribution is 6.41. The molecule has 6 nitrogen and oxygen atoms in total. The average molecular weight is 387 g/mol. The van der Waals surface area contributed by atoms with Crippen LogP contribution < -0.4 is 9.47 Å². The second-order valence-electron chi connectivity index (χ2n) is 6.52. The van der Waals surface area contributed by atoms with Gasteiger partial charge in [-0.3, -0.25) is 14.9 Å². The lowest BCUT2D eigenvalue weighted by Crippen LogP contribution is -1.99. The van der Waals surface area contributed by atoms with Gasteiger partial charge in [0, 0.05) is 34.4 Å². The number of methoxy groups -OCH3 is 2. The van der Waals surface area contributed by atoms with Gasteiger partial charge in [-0.05, 0) is 41.5 Å². The number of ketones is 1. The number of ether oxygens (including phenoxy) is 2. The zero-order valence-electron chi connectivity index (χ0n) is 15.8. The van der Waals surface area contributed by atoms with Crippen LogP contribution in [0.1, 0.15) is 27.0 Å². The Labute approximate surface area is 167 Å². The number of allylic oxidation sites excluding steroid dienone is 1. The summed E-state index contributed by atoms with van der Waals surface area (Å²) >= 11 is 0. The van der Waals surface area contributed by atoms with Crippen molar-refractivity contribution < 1.29 is 19.2 Å². The molecule has 0 unspecified atom stereocenters. The molecule has 0 spiro atoms. The number of Topliss-reactive ketones (excluding diaryl/α,β-unsaturated/α-hetero) is 1. The van der Waals surface area contributed by atoms with Crippen molar-refractivity contribution in [2.75, 3.05) is 14.2 Å². The summed E-state index contributed by atoms with van der Waals surface area (Å²) in [7, 11) is 3.15. The van der Waals surface area contributed by atoms with Gasteiger partial charge in [0.1, 0.15) is 11.5 Å². The van der Waals surface area contributed by atoms with Crippen molar-refractivity contribution in [2.45, 2.75) is 0 Å². The number of fused-ring (bicyclic) bond motifs is 1. The van der Waals surface area contributed by atoms with Gasteiger partial charge in [-0.1, -0.05) is 24.3 Å². The number of non-ortho nitro benzene ring substituents is 1. The van der Waals surface area contributed by atoms with E-state index < -0.39 is 4.92 Å². The fraction of sp³-hybridized carbons (Fsp3) is 0.0870. The van der Waals surface area contributed by atoms with Crippen LogP contribution in [0.25, 0.3) is 11.1 Å². The summed E-state index contributed by atoms with van der Waals surface area (Å²) in [6, 6.07) is 18.8. The average Bonchev–Trinajstić information content (AvgIpc) is 3.05. The van der Waals surface area contributed by atoms with E-state index in [9.17, 15) is 14.9 Å². The first-order valence-electron chi connectivity index (χ1n) is 8.90. The summed E-state index contributed by atoms with van der Waals surface area (Å²) in [5, 5.41) is 11.3. The second kappa shape index (κ2) is 7.24. The predicted octanol–water partition coefficient (Wildman–Crippen LogP) is 4.77. The second-order valence-corrected chi connectivity index (χ2v) is 6.52. The van der Waals surface area contributed by atoms with Crippen LogP contribution >= 0.6 is 0 Å². The largest absolute Gasteiger partial charge is 0.497 e. The molecular weight excluding hydrogens is 370 g/mol. The van der Waals surface area contributed by atoms with Gasteiger partial charge >= 0.3 is 0 Å². The van der Waals surface area contributed by atoms with E-state index in [-0.39, 0.29) is 11.5 Å². The van der Waals surface area contributed by atoms with E-state index in [2.05, 4.69) is 0 Å². The molecule has 1 aliphatic rings. The van der Waals surface area contributed by atoms with Crippen LogP contribution in [0.15, 0.2) is 66.7 Å². The Kier molecular flexibility index (Phi) is 4.60. The van der Waals surface area contributed by atoms with E-state index in [1.807, 2.05) is 24.3 Å². The zero-order valence-corrected chi connectivity index (χ0v) is 15.8. The number of carbonyl (C=O) groups excluding carboxylic acids is 1. The van der Waals surface area contributed by atoms with Gasteiger partial charge < -0.3 is 9.47 Å². The van der Waals surface area contributed by atoms with Crippen LogP contribution in [-0.4, -0.2) is 24.9 Å². The molecule has 144 valence electrons. The summed E-state index contributed by atoms with van der Waals surface area (Å²) in [6.45, 7) is 0. The zero-order chi connectivity index (χ0) is 20.5. The lowest BCUT2D eigenvalue weighted by atomic mass is 9.94. The fourth-order valence-corrected chi connectivity index (χ4v) is 3.52. The maximum atomic E-state index is 13.3. The third-order valence-corrected chi connectivity index (χ3v) is 4.96. The van der Waals surface area contributed by atoms with Crippen molar-refractivity contribution in [3.8, 4) is 11.5 Å². The van der Waals surface area contributed by atoms with Crippen molar-refractivity contribution >= 4 is 22.6 Å². The van der Waals surface area contributed by atoms with Gasteiger partial charge in [0.15, 0.2) is 5.78 Å². The summed E-state index contributed by atoms with van der Waals surface area (Å²) in [4.78, 5) is 24.1. The number of nitrogens with zero attached hydrogens (tertiary/aromatic N) is 1. The minimum atomic E-state index is -0.457. The summed E-state index contributed by atoms with van der Waals surface area (Å²) in [6.07, 6.45) is 0. The number of nitro groups is 1. The predicted molar refractivity (Wildman–Crippen MR) is 109 cm³/mol. The van der Waals surface area contributed by atoms with Crippen LogP contribution in [0, 0.1) is 10.1 Å². The van der Waals surface area contributed by atoms with Crippen LogP contribution in [-0.2, 0) is 0 Å². The van der Waals surface area contributed by atoms with Crippen molar-refractivity contribution in [3.05, 3.63) is 99.1 Å². The molecule has 6 heteroatoms. The standard InChI is InChI=1S/C23H17NO5/c1-28-17-8-3-14(4-9-17)21-20-13-16(24(26)27)7-12-19(20)23(25)22(21)15-5-10-18(29-2)11-6-15/h3-13H,1-2H3. The van der Waals surface area contributed by atoms with Gasteiger partial charge in [-0.2, -0.15) is 0 Å². The Morgan fingerprint density at radius 2 is 1.24 bits per heavy atom. The van der Waals surface area contributed by atoms with Crippen molar-refractivity contribution in [1.29, 1.82) is 0 Å². The van der Waals surface area contributed by atoms with E-state index >= 15 is 0 Å². The molecule has 0 heterocycles. The minimum Gasteiger partial charge on any atom is -0.497 e. The Balaban J connectivity index is 1.97. The Hall–Kier alpha value is -3.93. The molecule has 0 aliphatic heterocycles. The van der Waals surface area contributed by atoms with Crippen LogP contribution in [0.3, 0.4) is 0 Å². The molecule has 3 aromatic carbocycles. The molecule has 0 saturated heterocycles. The normalized spacial score (nSPS) is 12.7. The molecule has 0 amide bonds. The first-order valence-corrected chi connectivity index (χ1v) is 8.90. The number of benzene rings is 3. The molecule has 0 fully saturated rings. The fourth-order valence-electron chi connectivity index (χ4n) is 3.52. The SMILES string of the molecule is COc1ccc(C2=C(c3ccc(OC)cc3)c3cc([N+](=O)[O-])ccc3C2=O)cc1. The summed E-state index contributed by atoms with van der Waals surface area (Å²) in [5.74, 6) is 1.20. The first-order chi connectivity index (χ1) is 14.0. The van der Waals surface area contributed by atoms with E-state index in [4.69, 9.17) is 9.47 Å². The van der Waals surface area contributed by atoms with Crippen LogP contribution in [0.5, 0.6) is 11.5 Å². The molecule has 0 saturated carbocycles. The van der Waals surface area contributed by atoms with Gasteiger partial charge in [-0.15, -0.1) is 0 Å². The van der Waals surface area contributed by atoms with E-state index in [1.165, 1.54) is 18.2 Å². The highest BCUT2D eigenvalue weighted by atomic mass is 16.6. The number of rotatable bonds is 5.